The molecule has 5 heteroatoms. The van der Waals surface area contributed by atoms with Gasteiger partial charge >= 0.3 is 0 Å². The van der Waals surface area contributed by atoms with Crippen LogP contribution in [0.1, 0.15) is 31.5 Å². The molecule has 0 bridgehead atoms. The average molecular weight is 273 g/mol. The van der Waals surface area contributed by atoms with E-state index in [1.165, 1.54) is 0 Å². The third kappa shape index (κ3) is 3.68. The van der Waals surface area contributed by atoms with Gasteiger partial charge in [0.1, 0.15) is 5.76 Å². The van der Waals surface area contributed by atoms with Gasteiger partial charge in [-0.3, -0.25) is 10.1 Å². The molecule has 5 nitrogen and oxygen atoms in total. The summed E-state index contributed by atoms with van der Waals surface area (Å²) in [7, 11) is 0. The minimum atomic E-state index is -0.350. The molecule has 0 aliphatic carbocycles. The average Bonchev–Trinajstić information content (AvgIpc) is 2.86. The summed E-state index contributed by atoms with van der Waals surface area (Å²) in [6.45, 7) is 5.57. The third-order valence-corrected chi connectivity index (χ3v) is 2.94. The van der Waals surface area contributed by atoms with Crippen molar-refractivity contribution in [2.75, 3.05) is 5.32 Å². The summed E-state index contributed by atoms with van der Waals surface area (Å²) in [4.78, 5) is 16.2. The first-order chi connectivity index (χ1) is 9.56. The number of aryl methyl sites for hydroxylation is 1. The highest BCUT2D eigenvalue weighted by molar-refractivity contribution is 5.94. The molecule has 0 spiro atoms. The molecule has 0 aliphatic rings. The Morgan fingerprint density at radius 2 is 1.95 bits per heavy atom. The highest BCUT2D eigenvalue weighted by Crippen LogP contribution is 2.13. The van der Waals surface area contributed by atoms with E-state index in [9.17, 15) is 4.79 Å². The predicted octanol–water partition coefficient (Wildman–Crippen LogP) is 2.66. The summed E-state index contributed by atoms with van der Waals surface area (Å²) in [6, 6.07) is 8.90. The lowest BCUT2D eigenvalue weighted by Crippen LogP contribution is -2.39. The van der Waals surface area contributed by atoms with E-state index in [0.29, 0.717) is 5.89 Å². The Hall–Kier alpha value is -2.14. The molecule has 1 amide bonds. The molecule has 2 N–H and O–H groups in total. The number of nitrogens with zero attached hydrogens (tertiary/aromatic N) is 1. The van der Waals surface area contributed by atoms with Crippen molar-refractivity contribution in [2.24, 2.45) is 0 Å². The van der Waals surface area contributed by atoms with Crippen molar-refractivity contribution >= 4 is 11.6 Å². The maximum absolute atomic E-state index is 12.1. The normalized spacial score (nSPS) is 13.8. The molecule has 2 unspecified atom stereocenters. The topological polar surface area (TPSA) is 67.2 Å². The van der Waals surface area contributed by atoms with Crippen LogP contribution in [0.15, 0.2) is 40.9 Å². The van der Waals surface area contributed by atoms with Crippen LogP contribution in [0.5, 0.6) is 0 Å². The fraction of sp³-hybridized carbons (Fsp3) is 0.333. The first-order valence-corrected chi connectivity index (χ1v) is 6.60. The molecule has 0 saturated heterocycles. The van der Waals surface area contributed by atoms with Crippen molar-refractivity contribution in [2.45, 2.75) is 32.9 Å². The molecule has 1 heterocycles. The van der Waals surface area contributed by atoms with Crippen LogP contribution >= 0.6 is 0 Å². The molecule has 1 aromatic carbocycles. The summed E-state index contributed by atoms with van der Waals surface area (Å²) in [6.07, 6.45) is 1.67. The lowest BCUT2D eigenvalue weighted by Gasteiger charge is -2.17. The summed E-state index contributed by atoms with van der Waals surface area (Å²) >= 11 is 0. The highest BCUT2D eigenvalue weighted by Gasteiger charge is 2.19. The third-order valence-electron chi connectivity index (χ3n) is 2.94. The lowest BCUT2D eigenvalue weighted by atomic mass is 10.2. The minimum absolute atomic E-state index is 0.0914. The fourth-order valence-corrected chi connectivity index (χ4v) is 1.87. The lowest BCUT2D eigenvalue weighted by molar-refractivity contribution is -0.118. The van der Waals surface area contributed by atoms with E-state index >= 15 is 0 Å². The highest BCUT2D eigenvalue weighted by atomic mass is 16.4. The van der Waals surface area contributed by atoms with Gasteiger partial charge in [-0.05, 0) is 32.9 Å². The zero-order valence-electron chi connectivity index (χ0n) is 11.9. The molecule has 0 saturated carbocycles. The molecule has 0 aliphatic heterocycles. The van der Waals surface area contributed by atoms with Crippen LogP contribution in [0.3, 0.4) is 0 Å². The smallest absolute Gasteiger partial charge is 0.241 e. The Morgan fingerprint density at radius 3 is 2.55 bits per heavy atom. The summed E-state index contributed by atoms with van der Waals surface area (Å²) in [5.41, 5.74) is 0.783. The SMILES string of the molecule is Cc1cnc(C(C)NC(C)C(=O)Nc2ccccc2)o1. The molecule has 106 valence electrons. The number of para-hydroxylation sites is 1. The number of rotatable bonds is 5. The zero-order chi connectivity index (χ0) is 14.5. The molecule has 1 aromatic heterocycles. The molecule has 2 rings (SSSR count). The van der Waals surface area contributed by atoms with E-state index in [1.54, 1.807) is 6.20 Å². The maximum Gasteiger partial charge on any atom is 0.241 e. The van der Waals surface area contributed by atoms with Crippen LogP contribution < -0.4 is 10.6 Å². The first kappa shape index (κ1) is 14.3. The minimum Gasteiger partial charge on any atom is -0.444 e. The first-order valence-electron chi connectivity index (χ1n) is 6.60. The van der Waals surface area contributed by atoms with Crippen molar-refractivity contribution in [1.29, 1.82) is 0 Å². The van der Waals surface area contributed by atoms with Crippen LogP contribution in [0.2, 0.25) is 0 Å². The van der Waals surface area contributed by atoms with Crippen molar-refractivity contribution < 1.29 is 9.21 Å². The molecule has 0 radical (unpaired) electrons. The van der Waals surface area contributed by atoms with Crippen molar-refractivity contribution in [3.8, 4) is 0 Å². The van der Waals surface area contributed by atoms with Crippen LogP contribution in [0.25, 0.3) is 0 Å². The number of nitrogens with one attached hydrogen (secondary N) is 2. The second kappa shape index (κ2) is 6.34. The van der Waals surface area contributed by atoms with Gasteiger partial charge in [-0.1, -0.05) is 18.2 Å². The number of oxazole rings is 1. The molecule has 2 atom stereocenters. The Balaban J connectivity index is 1.91. The van der Waals surface area contributed by atoms with Gasteiger partial charge in [0.25, 0.3) is 0 Å². The van der Waals surface area contributed by atoms with Gasteiger partial charge in [-0.15, -0.1) is 0 Å². The molecular formula is C15H19N3O2. The summed E-state index contributed by atoms with van der Waals surface area (Å²) in [5, 5.41) is 6.01. The number of aromatic nitrogens is 1. The van der Waals surface area contributed by atoms with Gasteiger partial charge in [0.05, 0.1) is 18.3 Å². The number of hydrogen-bond donors (Lipinski definition) is 2. The Kier molecular flexibility index (Phi) is 4.53. The molecule has 0 fully saturated rings. The van der Waals surface area contributed by atoms with Crippen molar-refractivity contribution in [3.05, 3.63) is 48.2 Å². The monoisotopic (exact) mass is 273 g/mol. The Bertz CT molecular complexity index is 566. The standard InChI is InChI=1S/C15H19N3O2/c1-10-9-16-15(20-10)12(3)17-11(2)14(19)18-13-7-5-4-6-8-13/h4-9,11-12,17H,1-3H3,(H,18,19). The number of carbonyl (C=O) groups excluding carboxylic acids is 1. The van der Waals surface area contributed by atoms with Crippen molar-refractivity contribution in [1.82, 2.24) is 10.3 Å². The predicted molar refractivity (Wildman–Crippen MR) is 77.3 cm³/mol. The zero-order valence-corrected chi connectivity index (χ0v) is 11.9. The van der Waals surface area contributed by atoms with Gasteiger partial charge in [0.2, 0.25) is 11.8 Å². The summed E-state index contributed by atoms with van der Waals surface area (Å²) < 4.78 is 5.44. The van der Waals surface area contributed by atoms with Crippen LogP contribution in [0.4, 0.5) is 5.69 Å². The van der Waals surface area contributed by atoms with Gasteiger partial charge in [0, 0.05) is 5.69 Å². The van der Waals surface area contributed by atoms with E-state index in [0.717, 1.165) is 11.4 Å². The summed E-state index contributed by atoms with van der Waals surface area (Å²) in [5.74, 6) is 1.25. The number of anilines is 1. The van der Waals surface area contributed by atoms with Gasteiger partial charge in [0.15, 0.2) is 0 Å². The van der Waals surface area contributed by atoms with Gasteiger partial charge in [-0.25, -0.2) is 4.98 Å². The quantitative estimate of drug-likeness (QED) is 0.879. The van der Waals surface area contributed by atoms with Crippen molar-refractivity contribution in [3.63, 3.8) is 0 Å². The number of hydrogen-bond acceptors (Lipinski definition) is 4. The second-order valence-corrected chi connectivity index (χ2v) is 4.77. The second-order valence-electron chi connectivity index (χ2n) is 4.77. The van der Waals surface area contributed by atoms with E-state index in [-0.39, 0.29) is 18.0 Å². The molecule has 20 heavy (non-hydrogen) atoms. The molecule has 2 aromatic rings. The Labute approximate surface area is 118 Å². The van der Waals surface area contributed by atoms with E-state index in [2.05, 4.69) is 15.6 Å². The van der Waals surface area contributed by atoms with E-state index < -0.39 is 0 Å². The largest absolute Gasteiger partial charge is 0.444 e. The Morgan fingerprint density at radius 1 is 1.25 bits per heavy atom. The maximum atomic E-state index is 12.1. The number of carbonyl (C=O) groups is 1. The number of benzene rings is 1. The van der Waals surface area contributed by atoms with E-state index in [1.807, 2.05) is 51.1 Å². The number of amides is 1. The van der Waals surface area contributed by atoms with Gasteiger partial charge in [-0.2, -0.15) is 0 Å². The molecular weight excluding hydrogens is 254 g/mol. The van der Waals surface area contributed by atoms with Crippen LogP contribution in [-0.4, -0.2) is 16.9 Å². The fourth-order valence-electron chi connectivity index (χ4n) is 1.87. The van der Waals surface area contributed by atoms with E-state index in [4.69, 9.17) is 4.42 Å². The van der Waals surface area contributed by atoms with Gasteiger partial charge < -0.3 is 9.73 Å². The van der Waals surface area contributed by atoms with Crippen LogP contribution in [-0.2, 0) is 4.79 Å². The van der Waals surface area contributed by atoms with Crippen LogP contribution in [0, 0.1) is 6.92 Å².